The normalized spacial score (nSPS) is 16.9. The summed E-state index contributed by atoms with van der Waals surface area (Å²) in [6.45, 7) is 1.33. The van der Waals surface area contributed by atoms with Crippen LogP contribution in [0.4, 0.5) is 16.2 Å². The quantitative estimate of drug-likeness (QED) is 0.384. The molecule has 124 valence electrons. The molecular weight excluding hydrogens is 306 g/mol. The van der Waals surface area contributed by atoms with Crippen LogP contribution in [0.5, 0.6) is 0 Å². The minimum atomic E-state index is -0.830. The fraction of sp³-hybridized carbons (Fsp3) is 0.357. The average Bonchev–Trinajstić information content (AvgIpc) is 2.53. The number of nitrogens with one attached hydrogen (secondary N) is 1. The first-order valence-electron chi connectivity index (χ1n) is 7.01. The van der Waals surface area contributed by atoms with Gasteiger partial charge in [0, 0.05) is 12.1 Å². The van der Waals surface area contributed by atoms with Crippen LogP contribution < -0.4 is 5.32 Å². The maximum Gasteiger partial charge on any atom is 0.412 e. The number of para-hydroxylation sites is 2. The first kappa shape index (κ1) is 16.9. The monoisotopic (exact) mass is 323 g/mol. The Morgan fingerprint density at radius 2 is 2.09 bits per heavy atom. The third-order valence-corrected chi connectivity index (χ3v) is 3.25. The second-order valence-electron chi connectivity index (χ2n) is 4.89. The molecular formula is C14H17N3O6. The second kappa shape index (κ2) is 7.68. The Morgan fingerprint density at radius 1 is 1.39 bits per heavy atom. The number of hydrogen-bond donors (Lipinski definition) is 1. The smallest absolute Gasteiger partial charge is 0.412 e. The van der Waals surface area contributed by atoms with Crippen LogP contribution in [0.15, 0.2) is 36.5 Å². The first-order valence-corrected chi connectivity index (χ1v) is 7.01. The predicted molar refractivity (Wildman–Crippen MR) is 81.4 cm³/mol. The first-order chi connectivity index (χ1) is 11.0. The molecule has 0 unspecified atom stereocenters. The number of rotatable bonds is 5. The number of carbonyl (C=O) groups excluding carboxylic acids is 1. The fourth-order valence-electron chi connectivity index (χ4n) is 2.04. The summed E-state index contributed by atoms with van der Waals surface area (Å²) in [7, 11) is 0. The molecule has 0 saturated carbocycles. The van der Waals surface area contributed by atoms with Crippen LogP contribution in [0, 0.1) is 15.3 Å². The van der Waals surface area contributed by atoms with Gasteiger partial charge in [-0.1, -0.05) is 12.1 Å². The van der Waals surface area contributed by atoms with E-state index in [2.05, 4.69) is 5.32 Å². The van der Waals surface area contributed by atoms with Gasteiger partial charge in [0.2, 0.25) is 0 Å². The number of amides is 1. The average molecular weight is 323 g/mol. The largest absolute Gasteiger partial charge is 0.628 e. The lowest BCUT2D eigenvalue weighted by Crippen LogP contribution is -2.46. The number of hydroxylamine groups is 3. The Kier molecular flexibility index (Phi) is 5.63. The summed E-state index contributed by atoms with van der Waals surface area (Å²) in [4.78, 5) is 21.9. The SMILES string of the molecule is O=C(Nc1ccccc1[N+](=O)[O-])OC/C=C/[N+]1([O-])CCOCC1. The van der Waals surface area contributed by atoms with Crippen molar-refractivity contribution in [3.63, 3.8) is 0 Å². The van der Waals surface area contributed by atoms with E-state index in [1.165, 1.54) is 30.5 Å². The molecule has 0 aliphatic carbocycles. The summed E-state index contributed by atoms with van der Waals surface area (Å²) < 4.78 is 9.46. The third-order valence-electron chi connectivity index (χ3n) is 3.25. The van der Waals surface area contributed by atoms with Gasteiger partial charge in [0.25, 0.3) is 5.69 Å². The predicted octanol–water partition coefficient (Wildman–Crippen LogP) is 2.00. The van der Waals surface area contributed by atoms with E-state index in [1.54, 1.807) is 6.07 Å². The molecule has 2 rings (SSSR count). The second-order valence-corrected chi connectivity index (χ2v) is 4.89. The maximum absolute atomic E-state index is 12.1. The van der Waals surface area contributed by atoms with Crippen molar-refractivity contribution in [2.75, 3.05) is 38.2 Å². The zero-order valence-corrected chi connectivity index (χ0v) is 12.3. The molecule has 1 aromatic rings. The summed E-state index contributed by atoms with van der Waals surface area (Å²) in [6.07, 6.45) is 2.04. The van der Waals surface area contributed by atoms with Gasteiger partial charge < -0.3 is 19.3 Å². The molecule has 0 bridgehead atoms. The van der Waals surface area contributed by atoms with Gasteiger partial charge in [-0.2, -0.15) is 0 Å². The molecule has 1 aromatic carbocycles. The van der Waals surface area contributed by atoms with Crippen LogP contribution in [0.25, 0.3) is 0 Å². The fourth-order valence-corrected chi connectivity index (χ4v) is 2.04. The van der Waals surface area contributed by atoms with Crippen molar-refractivity contribution < 1.29 is 23.8 Å². The van der Waals surface area contributed by atoms with Crippen molar-refractivity contribution in [3.8, 4) is 0 Å². The van der Waals surface area contributed by atoms with Gasteiger partial charge in [0.1, 0.15) is 25.4 Å². The molecule has 1 aliphatic heterocycles. The Balaban J connectivity index is 1.83. The summed E-state index contributed by atoms with van der Waals surface area (Å²) in [5.74, 6) is 0. The molecule has 23 heavy (non-hydrogen) atoms. The zero-order valence-electron chi connectivity index (χ0n) is 12.3. The number of morpholine rings is 1. The highest BCUT2D eigenvalue weighted by Crippen LogP contribution is 2.23. The number of nitro benzene ring substituents is 1. The van der Waals surface area contributed by atoms with Crippen molar-refractivity contribution in [1.82, 2.24) is 0 Å². The summed E-state index contributed by atoms with van der Waals surface area (Å²) in [5.41, 5.74) is -0.177. The molecule has 0 radical (unpaired) electrons. The third kappa shape index (κ3) is 5.02. The summed E-state index contributed by atoms with van der Waals surface area (Å²) >= 11 is 0. The number of benzene rings is 1. The highest BCUT2D eigenvalue weighted by molar-refractivity contribution is 5.87. The van der Waals surface area contributed by atoms with Crippen LogP contribution in [0.2, 0.25) is 0 Å². The lowest BCUT2D eigenvalue weighted by atomic mass is 10.3. The molecule has 1 aliphatic rings. The van der Waals surface area contributed by atoms with E-state index in [4.69, 9.17) is 9.47 Å². The van der Waals surface area contributed by atoms with Crippen molar-refractivity contribution in [1.29, 1.82) is 0 Å². The highest BCUT2D eigenvalue weighted by Gasteiger charge is 2.18. The van der Waals surface area contributed by atoms with Crippen LogP contribution in [0.1, 0.15) is 0 Å². The zero-order chi connectivity index (χ0) is 16.7. The van der Waals surface area contributed by atoms with Crippen LogP contribution in [-0.2, 0) is 9.47 Å². The standard InChI is InChI=1S/C14H17N3O6/c18-14(15-12-4-1-2-5-13(12)16(19)20)23-9-3-6-17(21)7-10-22-11-8-17/h1-6H,7-11H2,(H,15,18)/b6-3+. The van der Waals surface area contributed by atoms with E-state index in [9.17, 15) is 20.1 Å². The summed E-state index contributed by atoms with van der Waals surface area (Å²) in [6, 6.07) is 5.74. The molecule has 9 nitrogen and oxygen atoms in total. The number of hydrogen-bond acceptors (Lipinski definition) is 6. The number of ether oxygens (including phenoxy) is 2. The molecule has 1 N–H and O–H groups in total. The number of anilines is 1. The maximum atomic E-state index is 12.1. The van der Waals surface area contributed by atoms with Gasteiger partial charge in [-0.15, -0.1) is 0 Å². The topological polar surface area (TPSA) is 114 Å². The minimum absolute atomic E-state index is 0.0481. The van der Waals surface area contributed by atoms with Crippen molar-refractivity contribution in [2.45, 2.75) is 0 Å². The van der Waals surface area contributed by atoms with Crippen LogP contribution >= 0.6 is 0 Å². The van der Waals surface area contributed by atoms with Gasteiger partial charge in [-0.25, -0.2) is 4.79 Å². The van der Waals surface area contributed by atoms with E-state index < -0.39 is 15.7 Å². The van der Waals surface area contributed by atoms with E-state index in [0.717, 1.165) is 0 Å². The summed E-state index contributed by atoms with van der Waals surface area (Å²) in [5, 5.41) is 25.2. The molecule has 1 heterocycles. The van der Waals surface area contributed by atoms with Gasteiger partial charge in [-0.05, 0) is 6.07 Å². The van der Waals surface area contributed by atoms with Gasteiger partial charge in [-0.3, -0.25) is 15.4 Å². The van der Waals surface area contributed by atoms with E-state index in [0.29, 0.717) is 26.3 Å². The Labute approximate surface area is 132 Å². The minimum Gasteiger partial charge on any atom is -0.628 e. The molecule has 0 aromatic heterocycles. The Hall–Kier alpha value is -2.49. The lowest BCUT2D eigenvalue weighted by Gasteiger charge is -2.41. The van der Waals surface area contributed by atoms with Crippen molar-refractivity contribution >= 4 is 17.5 Å². The van der Waals surface area contributed by atoms with Crippen molar-refractivity contribution in [2.24, 2.45) is 0 Å². The number of nitrogens with zero attached hydrogens (tertiary/aromatic N) is 2. The number of quaternary nitrogens is 1. The van der Waals surface area contributed by atoms with E-state index in [1.807, 2.05) is 0 Å². The molecule has 1 amide bonds. The van der Waals surface area contributed by atoms with E-state index >= 15 is 0 Å². The number of nitro groups is 1. The molecule has 0 atom stereocenters. The van der Waals surface area contributed by atoms with E-state index in [-0.39, 0.29) is 18.0 Å². The lowest BCUT2D eigenvalue weighted by molar-refractivity contribution is -0.838. The van der Waals surface area contributed by atoms with Gasteiger partial charge >= 0.3 is 6.09 Å². The van der Waals surface area contributed by atoms with Crippen LogP contribution in [-0.4, -0.2) is 48.6 Å². The highest BCUT2D eigenvalue weighted by atomic mass is 16.6. The number of carbonyl (C=O) groups is 1. The Bertz CT molecular complexity index is 598. The van der Waals surface area contributed by atoms with Gasteiger partial charge in [0.05, 0.1) is 24.3 Å². The molecule has 1 saturated heterocycles. The van der Waals surface area contributed by atoms with Crippen LogP contribution in [0.3, 0.4) is 0 Å². The van der Waals surface area contributed by atoms with Gasteiger partial charge in [0.15, 0.2) is 0 Å². The molecule has 0 spiro atoms. The van der Waals surface area contributed by atoms with Crippen molar-refractivity contribution in [3.05, 3.63) is 51.9 Å². The molecule has 9 heteroatoms. The Morgan fingerprint density at radius 3 is 2.78 bits per heavy atom. The molecule has 1 fully saturated rings.